The molecule has 2 heterocycles. The highest BCUT2D eigenvalue weighted by atomic mass is 32.3. The molecule has 12 nitrogen and oxygen atoms in total. The third kappa shape index (κ3) is 6.86. The number of rotatable bonds is 9. The largest absolute Gasteiger partial charge is 0.481 e. The lowest BCUT2D eigenvalue weighted by molar-refractivity contribution is -0.137. The Morgan fingerprint density at radius 1 is 1.11 bits per heavy atom. The van der Waals surface area contributed by atoms with Crippen LogP contribution in [0.15, 0.2) is 43.2 Å². The molecule has 3 aromatic rings. The quantitative estimate of drug-likeness (QED) is 0.220. The highest BCUT2D eigenvalue weighted by Crippen LogP contribution is 2.41. The van der Waals surface area contributed by atoms with Crippen LogP contribution in [0.25, 0.3) is 0 Å². The first-order valence-electron chi connectivity index (χ1n) is 10.4. The summed E-state index contributed by atoms with van der Waals surface area (Å²) >= 11 is 0. The van der Waals surface area contributed by atoms with Crippen molar-refractivity contribution in [2.24, 2.45) is 0 Å². The van der Waals surface area contributed by atoms with E-state index in [4.69, 9.17) is 4.74 Å². The molecule has 2 aromatic heterocycles. The van der Waals surface area contributed by atoms with Gasteiger partial charge in [-0.2, -0.15) is 26.6 Å². The van der Waals surface area contributed by atoms with Crippen molar-refractivity contribution < 1.29 is 39.9 Å². The summed E-state index contributed by atoms with van der Waals surface area (Å²) in [6.45, 7) is 6.35. The molecule has 1 amide bonds. The number of hydrogen-bond donors (Lipinski definition) is 4. The second-order valence-electron chi connectivity index (χ2n) is 7.58. The van der Waals surface area contributed by atoms with Crippen molar-refractivity contribution in [1.82, 2.24) is 15.0 Å². The van der Waals surface area contributed by atoms with Gasteiger partial charge < -0.3 is 24.9 Å². The molecule has 202 valence electrons. The molecule has 16 heteroatoms. The first kappa shape index (κ1) is 28.1. The van der Waals surface area contributed by atoms with Crippen molar-refractivity contribution >= 4 is 45.1 Å². The monoisotopic (exact) mass is 554 g/mol. The van der Waals surface area contributed by atoms with Gasteiger partial charge in [0.1, 0.15) is 17.1 Å². The normalized spacial score (nSPS) is 11.4. The molecule has 0 atom stereocenters. The Hall–Kier alpha value is -4.44. The van der Waals surface area contributed by atoms with Crippen LogP contribution in [-0.4, -0.2) is 40.9 Å². The standard InChI is InChI=1S/C22H21F3N6O6S/c1-5-16(32)30-18-14(7-6-11(2)19(18)37-38(33,34)35)28-20-13(22(23,24)25)10-27-21(31-20)29-15-8-17(36-4)26-9-12(15)3/h5-10H,1H2,2-4H3,(H,30,32)(H,33,34,35)(H2,26,27,28,29,31). The minimum Gasteiger partial charge on any atom is -0.481 e. The second-order valence-corrected chi connectivity index (χ2v) is 8.61. The van der Waals surface area contributed by atoms with Crippen LogP contribution in [0.5, 0.6) is 11.6 Å². The van der Waals surface area contributed by atoms with E-state index in [0.29, 0.717) is 17.4 Å². The number of halogens is 3. The van der Waals surface area contributed by atoms with Crippen LogP contribution in [0.1, 0.15) is 16.7 Å². The average molecular weight is 555 g/mol. The maximum Gasteiger partial charge on any atom is 0.446 e. The van der Waals surface area contributed by atoms with Crippen LogP contribution in [0.3, 0.4) is 0 Å². The molecule has 0 saturated heterocycles. The van der Waals surface area contributed by atoms with Gasteiger partial charge in [0.25, 0.3) is 0 Å². The fourth-order valence-electron chi connectivity index (χ4n) is 3.05. The lowest BCUT2D eigenvalue weighted by Gasteiger charge is -2.19. The molecule has 38 heavy (non-hydrogen) atoms. The Morgan fingerprint density at radius 2 is 1.82 bits per heavy atom. The number of nitrogens with one attached hydrogen (secondary N) is 3. The summed E-state index contributed by atoms with van der Waals surface area (Å²) in [5, 5.41) is 7.49. The maximum absolute atomic E-state index is 13.8. The van der Waals surface area contributed by atoms with Gasteiger partial charge in [-0.05, 0) is 37.1 Å². The molecule has 0 fully saturated rings. The Labute approximate surface area is 214 Å². The summed E-state index contributed by atoms with van der Waals surface area (Å²) < 4.78 is 83.1. The lowest BCUT2D eigenvalue weighted by Crippen LogP contribution is -2.16. The van der Waals surface area contributed by atoms with E-state index >= 15 is 0 Å². The number of carbonyl (C=O) groups excluding carboxylic acids is 1. The molecule has 4 N–H and O–H groups in total. The first-order valence-corrected chi connectivity index (χ1v) is 11.8. The van der Waals surface area contributed by atoms with E-state index in [2.05, 4.69) is 41.7 Å². The minimum absolute atomic E-state index is 0.121. The fraction of sp³-hybridized carbons (Fsp3) is 0.182. The summed E-state index contributed by atoms with van der Waals surface area (Å²) in [5.74, 6) is -2.15. The summed E-state index contributed by atoms with van der Waals surface area (Å²) in [4.78, 5) is 23.7. The molecule has 3 rings (SSSR count). The highest BCUT2D eigenvalue weighted by molar-refractivity contribution is 7.81. The van der Waals surface area contributed by atoms with E-state index in [9.17, 15) is 30.9 Å². The molecule has 0 bridgehead atoms. The molecule has 0 radical (unpaired) electrons. The Morgan fingerprint density at radius 3 is 2.42 bits per heavy atom. The third-order valence-electron chi connectivity index (χ3n) is 4.86. The van der Waals surface area contributed by atoms with Gasteiger partial charge >= 0.3 is 16.6 Å². The van der Waals surface area contributed by atoms with Gasteiger partial charge in [0, 0.05) is 18.5 Å². The van der Waals surface area contributed by atoms with E-state index < -0.39 is 45.3 Å². The van der Waals surface area contributed by atoms with Crippen molar-refractivity contribution in [3.63, 3.8) is 0 Å². The van der Waals surface area contributed by atoms with Crippen LogP contribution in [0.4, 0.5) is 42.0 Å². The molecular formula is C22H21F3N6O6S. The molecule has 1 aromatic carbocycles. The first-order chi connectivity index (χ1) is 17.7. The number of anilines is 5. The molecule has 0 saturated carbocycles. The van der Waals surface area contributed by atoms with Crippen molar-refractivity contribution in [1.29, 1.82) is 0 Å². The molecular weight excluding hydrogens is 533 g/mol. The number of aryl methyl sites for hydroxylation is 2. The maximum atomic E-state index is 13.8. The number of benzene rings is 1. The number of amides is 1. The molecule has 0 aliphatic carbocycles. The van der Waals surface area contributed by atoms with Gasteiger partial charge in [-0.25, -0.2) is 9.97 Å². The zero-order valence-electron chi connectivity index (χ0n) is 20.0. The smallest absolute Gasteiger partial charge is 0.446 e. The highest BCUT2D eigenvalue weighted by Gasteiger charge is 2.36. The fourth-order valence-corrected chi connectivity index (χ4v) is 3.47. The van der Waals surface area contributed by atoms with Gasteiger partial charge in [-0.3, -0.25) is 9.35 Å². The summed E-state index contributed by atoms with van der Waals surface area (Å²) in [6.07, 6.45) is -2.05. The SMILES string of the molecule is C=CC(=O)Nc1c(Nc2nc(Nc3cc(OC)ncc3C)ncc2C(F)(F)F)ccc(C)c1OS(=O)(=O)O. The second kappa shape index (κ2) is 10.9. The Balaban J connectivity index is 2.14. The van der Waals surface area contributed by atoms with Crippen molar-refractivity contribution in [2.45, 2.75) is 20.0 Å². The zero-order chi connectivity index (χ0) is 28.3. The number of alkyl halides is 3. The summed E-state index contributed by atoms with van der Waals surface area (Å²) in [5.41, 5.74) is -0.782. The average Bonchev–Trinajstić information content (AvgIpc) is 2.83. The van der Waals surface area contributed by atoms with E-state index in [0.717, 1.165) is 6.08 Å². The van der Waals surface area contributed by atoms with Gasteiger partial charge in [0.05, 0.1) is 18.5 Å². The number of methoxy groups -OCH3 is 1. The van der Waals surface area contributed by atoms with E-state index in [1.807, 2.05) is 0 Å². The number of hydrogen-bond acceptors (Lipinski definition) is 10. The van der Waals surface area contributed by atoms with Gasteiger partial charge in [0.2, 0.25) is 17.7 Å². The third-order valence-corrected chi connectivity index (χ3v) is 5.24. The molecule has 0 spiro atoms. The van der Waals surface area contributed by atoms with Crippen LogP contribution >= 0.6 is 0 Å². The van der Waals surface area contributed by atoms with Crippen molar-refractivity contribution in [2.75, 3.05) is 23.1 Å². The topological polar surface area (TPSA) is 165 Å². The van der Waals surface area contributed by atoms with E-state index in [1.165, 1.54) is 38.4 Å². The van der Waals surface area contributed by atoms with Crippen LogP contribution in [0, 0.1) is 13.8 Å². The van der Waals surface area contributed by atoms with E-state index in [-0.39, 0.29) is 23.1 Å². The summed E-state index contributed by atoms with van der Waals surface area (Å²) in [7, 11) is -3.68. The van der Waals surface area contributed by atoms with Crippen molar-refractivity contribution in [3.8, 4) is 11.6 Å². The molecule has 0 aliphatic rings. The number of pyridine rings is 1. The predicted molar refractivity (Wildman–Crippen MR) is 131 cm³/mol. The van der Waals surface area contributed by atoms with Crippen molar-refractivity contribution in [3.05, 3.63) is 59.9 Å². The minimum atomic E-state index is -5.07. The van der Waals surface area contributed by atoms with E-state index in [1.54, 1.807) is 6.92 Å². The molecule has 0 unspecified atom stereocenters. The zero-order valence-corrected chi connectivity index (χ0v) is 20.9. The number of carbonyl (C=O) groups is 1. The number of nitrogens with zero attached hydrogens (tertiary/aromatic N) is 3. The van der Waals surface area contributed by atoms with Gasteiger partial charge in [-0.1, -0.05) is 12.6 Å². The Bertz CT molecular complexity index is 1500. The number of ether oxygens (including phenoxy) is 1. The Kier molecular flexibility index (Phi) is 8.07. The van der Waals surface area contributed by atoms with Gasteiger partial charge in [0.15, 0.2) is 5.75 Å². The van der Waals surface area contributed by atoms with Crippen LogP contribution < -0.4 is 24.9 Å². The van der Waals surface area contributed by atoms with Crippen LogP contribution in [0.2, 0.25) is 0 Å². The lowest BCUT2D eigenvalue weighted by atomic mass is 10.1. The number of aromatic nitrogens is 3. The van der Waals surface area contributed by atoms with Gasteiger partial charge in [-0.15, -0.1) is 0 Å². The summed E-state index contributed by atoms with van der Waals surface area (Å²) in [6, 6.07) is 4.02. The molecule has 0 aliphatic heterocycles. The van der Waals surface area contributed by atoms with Crippen LogP contribution in [-0.2, 0) is 21.4 Å². The predicted octanol–water partition coefficient (Wildman–Crippen LogP) is 4.31.